The number of carbonyl (C=O) groups excluding carboxylic acids is 1. The highest BCUT2D eigenvalue weighted by Crippen LogP contribution is 2.21. The van der Waals surface area contributed by atoms with Crippen molar-refractivity contribution in [2.24, 2.45) is 0 Å². The van der Waals surface area contributed by atoms with Gasteiger partial charge in [-0.25, -0.2) is 4.98 Å². The molecular weight excluding hydrogens is 260 g/mol. The van der Waals surface area contributed by atoms with Crippen LogP contribution in [0.1, 0.15) is 0 Å². The number of nitrogens with one attached hydrogen (secondary N) is 1. The molecule has 2 rings (SSSR count). The number of aromatic nitrogens is 1. The van der Waals surface area contributed by atoms with Crippen LogP contribution in [0.3, 0.4) is 0 Å². The van der Waals surface area contributed by atoms with Crippen LogP contribution < -0.4 is 5.32 Å². The Morgan fingerprint density at radius 3 is 3.05 bits per heavy atom. The van der Waals surface area contributed by atoms with Crippen LogP contribution in [-0.2, 0) is 14.3 Å². The highest BCUT2D eigenvalue weighted by Gasteiger charge is 2.05. The summed E-state index contributed by atoms with van der Waals surface area (Å²) in [4.78, 5) is 15.5. The fourth-order valence-corrected chi connectivity index (χ4v) is 1.61. The van der Waals surface area contributed by atoms with Crippen molar-refractivity contribution >= 4 is 11.6 Å². The lowest BCUT2D eigenvalue weighted by Crippen LogP contribution is -2.19. The Hall–Kier alpha value is -2.18. The van der Waals surface area contributed by atoms with Crippen molar-refractivity contribution in [2.45, 2.75) is 0 Å². The van der Waals surface area contributed by atoms with E-state index in [1.165, 1.54) is 6.39 Å². The number of nitrogens with zero attached hydrogens (tertiary/aromatic N) is 1. The van der Waals surface area contributed by atoms with Gasteiger partial charge in [0.15, 0.2) is 12.2 Å². The first kappa shape index (κ1) is 14.2. The maximum Gasteiger partial charge on any atom is 0.250 e. The minimum Gasteiger partial charge on any atom is -0.444 e. The van der Waals surface area contributed by atoms with Gasteiger partial charge in [0.2, 0.25) is 5.91 Å². The molecule has 1 N–H and O–H groups in total. The van der Waals surface area contributed by atoms with Crippen LogP contribution in [0.15, 0.2) is 41.3 Å². The minimum atomic E-state index is -0.212. The van der Waals surface area contributed by atoms with E-state index in [4.69, 9.17) is 13.9 Å². The molecular formula is C14H16N2O4. The predicted octanol–water partition coefficient (Wildman–Crippen LogP) is 1.94. The highest BCUT2D eigenvalue weighted by molar-refractivity contribution is 5.92. The van der Waals surface area contributed by atoms with E-state index in [-0.39, 0.29) is 12.5 Å². The summed E-state index contributed by atoms with van der Waals surface area (Å²) in [6.07, 6.45) is 2.99. The number of rotatable bonds is 7. The number of hydrogen-bond acceptors (Lipinski definition) is 5. The van der Waals surface area contributed by atoms with Crippen molar-refractivity contribution in [3.05, 3.63) is 36.9 Å². The summed E-state index contributed by atoms with van der Waals surface area (Å²) >= 11 is 0. The molecule has 6 heteroatoms. The molecule has 0 bridgehead atoms. The van der Waals surface area contributed by atoms with Crippen molar-refractivity contribution in [2.75, 3.05) is 32.2 Å². The molecule has 0 saturated heterocycles. The van der Waals surface area contributed by atoms with Gasteiger partial charge in [0.1, 0.15) is 6.61 Å². The molecule has 1 heterocycles. The van der Waals surface area contributed by atoms with Gasteiger partial charge in [-0.1, -0.05) is 12.1 Å². The van der Waals surface area contributed by atoms with E-state index < -0.39 is 0 Å². The van der Waals surface area contributed by atoms with Crippen molar-refractivity contribution in [3.8, 4) is 11.3 Å². The zero-order valence-electron chi connectivity index (χ0n) is 11.2. The average molecular weight is 276 g/mol. The van der Waals surface area contributed by atoms with Gasteiger partial charge in [-0.3, -0.25) is 4.79 Å². The second-order valence-electron chi connectivity index (χ2n) is 4.04. The summed E-state index contributed by atoms with van der Waals surface area (Å²) in [7, 11) is 1.58. The molecule has 0 aliphatic rings. The molecule has 1 amide bonds. The van der Waals surface area contributed by atoms with Crippen LogP contribution in [0.5, 0.6) is 0 Å². The summed E-state index contributed by atoms with van der Waals surface area (Å²) in [5.41, 5.74) is 1.53. The smallest absolute Gasteiger partial charge is 0.250 e. The second kappa shape index (κ2) is 7.42. The standard InChI is InChI=1S/C14H16N2O4/c1-18-5-6-19-9-14(17)16-12-4-2-3-11(7-12)13-8-15-10-20-13/h2-4,7-8,10H,5-6,9H2,1H3,(H,16,17). The zero-order chi connectivity index (χ0) is 14.2. The first-order chi connectivity index (χ1) is 9.79. The van der Waals surface area contributed by atoms with Gasteiger partial charge in [-0.05, 0) is 12.1 Å². The van der Waals surface area contributed by atoms with E-state index >= 15 is 0 Å². The molecule has 1 aromatic carbocycles. The summed E-state index contributed by atoms with van der Waals surface area (Å²) in [5.74, 6) is 0.438. The summed E-state index contributed by atoms with van der Waals surface area (Å²) < 4.78 is 15.2. The third-order valence-corrected chi connectivity index (χ3v) is 2.53. The van der Waals surface area contributed by atoms with E-state index in [9.17, 15) is 4.79 Å². The molecule has 1 aromatic heterocycles. The molecule has 0 fully saturated rings. The fourth-order valence-electron chi connectivity index (χ4n) is 1.61. The Morgan fingerprint density at radius 2 is 2.30 bits per heavy atom. The second-order valence-corrected chi connectivity index (χ2v) is 4.04. The first-order valence-electron chi connectivity index (χ1n) is 6.15. The lowest BCUT2D eigenvalue weighted by molar-refractivity contribution is -0.121. The molecule has 20 heavy (non-hydrogen) atoms. The number of amides is 1. The molecule has 0 aliphatic carbocycles. The van der Waals surface area contributed by atoms with E-state index in [0.717, 1.165) is 5.56 Å². The molecule has 0 radical (unpaired) electrons. The Labute approximate surface area is 116 Å². The van der Waals surface area contributed by atoms with Gasteiger partial charge in [-0.2, -0.15) is 0 Å². The van der Waals surface area contributed by atoms with Crippen LogP contribution >= 0.6 is 0 Å². The van der Waals surface area contributed by atoms with Gasteiger partial charge in [0, 0.05) is 18.4 Å². The van der Waals surface area contributed by atoms with Crippen molar-refractivity contribution < 1.29 is 18.7 Å². The molecule has 2 aromatic rings. The highest BCUT2D eigenvalue weighted by atomic mass is 16.5. The molecule has 106 valence electrons. The van der Waals surface area contributed by atoms with Crippen LogP contribution in [0.4, 0.5) is 5.69 Å². The van der Waals surface area contributed by atoms with Crippen molar-refractivity contribution in [3.63, 3.8) is 0 Å². The lowest BCUT2D eigenvalue weighted by atomic mass is 10.1. The van der Waals surface area contributed by atoms with Gasteiger partial charge < -0.3 is 19.2 Å². The lowest BCUT2D eigenvalue weighted by Gasteiger charge is -2.07. The van der Waals surface area contributed by atoms with Gasteiger partial charge in [0.25, 0.3) is 0 Å². The quantitative estimate of drug-likeness (QED) is 0.782. The largest absolute Gasteiger partial charge is 0.444 e. The van der Waals surface area contributed by atoms with Gasteiger partial charge >= 0.3 is 0 Å². The molecule has 0 spiro atoms. The third kappa shape index (κ3) is 4.18. The molecule has 0 saturated carbocycles. The zero-order valence-corrected chi connectivity index (χ0v) is 11.2. The SMILES string of the molecule is COCCOCC(=O)Nc1cccc(-c2cnco2)c1. The van der Waals surface area contributed by atoms with Crippen LogP contribution in [0, 0.1) is 0 Å². The monoisotopic (exact) mass is 276 g/mol. The van der Waals surface area contributed by atoms with E-state index in [2.05, 4.69) is 10.3 Å². The number of oxazole rings is 1. The Bertz CT molecular complexity index is 540. The number of ether oxygens (including phenoxy) is 2. The Morgan fingerprint density at radius 1 is 1.40 bits per heavy atom. The molecule has 6 nitrogen and oxygen atoms in total. The van der Waals surface area contributed by atoms with Gasteiger partial charge in [0.05, 0.1) is 19.4 Å². The topological polar surface area (TPSA) is 73.6 Å². The maximum atomic E-state index is 11.7. The number of methoxy groups -OCH3 is 1. The molecule has 0 atom stereocenters. The van der Waals surface area contributed by atoms with Crippen LogP contribution in [0.25, 0.3) is 11.3 Å². The summed E-state index contributed by atoms with van der Waals surface area (Å²) in [5, 5.41) is 2.75. The number of carbonyl (C=O) groups is 1. The Kier molecular flexibility index (Phi) is 5.28. The number of benzene rings is 1. The summed E-state index contributed by atoms with van der Waals surface area (Å²) in [6.45, 7) is 0.853. The Balaban J connectivity index is 1.90. The maximum absolute atomic E-state index is 11.7. The van der Waals surface area contributed by atoms with E-state index in [0.29, 0.717) is 24.7 Å². The number of anilines is 1. The minimum absolute atomic E-state index is 0.00407. The first-order valence-corrected chi connectivity index (χ1v) is 6.15. The van der Waals surface area contributed by atoms with Crippen molar-refractivity contribution in [1.82, 2.24) is 4.98 Å². The van der Waals surface area contributed by atoms with E-state index in [1.54, 1.807) is 19.4 Å². The summed E-state index contributed by atoms with van der Waals surface area (Å²) in [6, 6.07) is 7.32. The van der Waals surface area contributed by atoms with E-state index in [1.807, 2.05) is 18.2 Å². The van der Waals surface area contributed by atoms with Crippen LogP contribution in [-0.4, -0.2) is 37.8 Å². The number of hydrogen-bond donors (Lipinski definition) is 1. The van der Waals surface area contributed by atoms with Crippen molar-refractivity contribution in [1.29, 1.82) is 0 Å². The average Bonchev–Trinajstić information content (AvgIpc) is 2.98. The normalized spacial score (nSPS) is 10.4. The predicted molar refractivity (Wildman–Crippen MR) is 73.3 cm³/mol. The molecule has 0 unspecified atom stereocenters. The third-order valence-electron chi connectivity index (χ3n) is 2.53. The molecule has 0 aliphatic heterocycles. The van der Waals surface area contributed by atoms with Crippen LogP contribution in [0.2, 0.25) is 0 Å². The fraction of sp³-hybridized carbons (Fsp3) is 0.286. The van der Waals surface area contributed by atoms with Gasteiger partial charge in [-0.15, -0.1) is 0 Å².